The number of benzene rings is 1. The van der Waals surface area contributed by atoms with Gasteiger partial charge in [0.25, 0.3) is 0 Å². The summed E-state index contributed by atoms with van der Waals surface area (Å²) in [6, 6.07) is 7.93. The summed E-state index contributed by atoms with van der Waals surface area (Å²) in [6.07, 6.45) is 4.73. The third-order valence-electron chi connectivity index (χ3n) is 3.44. The monoisotopic (exact) mass is 299 g/mol. The second-order valence-corrected chi connectivity index (χ2v) is 5.81. The number of ether oxygens (including phenoxy) is 1. The number of hydrogen-bond acceptors (Lipinski definition) is 2. The molecule has 104 valence electrons. The summed E-state index contributed by atoms with van der Waals surface area (Å²) in [5, 5.41) is 0. The van der Waals surface area contributed by atoms with Gasteiger partial charge in [-0.3, -0.25) is 0 Å². The van der Waals surface area contributed by atoms with Crippen molar-refractivity contribution in [3.63, 3.8) is 0 Å². The van der Waals surface area contributed by atoms with Gasteiger partial charge in [-0.2, -0.15) is 0 Å². The number of para-hydroxylation sites is 2. The molecule has 0 aromatic heterocycles. The topological polar surface area (TPSA) is 12.5 Å². The van der Waals surface area contributed by atoms with E-state index in [1.807, 2.05) is 30.3 Å². The van der Waals surface area contributed by atoms with Crippen LogP contribution < -0.4 is 9.64 Å². The average Bonchev–Trinajstić information content (AvgIpc) is 2.73. The van der Waals surface area contributed by atoms with Crippen LogP contribution in [0.3, 0.4) is 0 Å². The summed E-state index contributed by atoms with van der Waals surface area (Å²) in [5.74, 6) is 0.840. The third-order valence-corrected chi connectivity index (χ3v) is 4.12. The highest BCUT2D eigenvalue weighted by atomic mass is 35.5. The lowest BCUT2D eigenvalue weighted by molar-refractivity contribution is 0.0913. The van der Waals surface area contributed by atoms with Gasteiger partial charge in [0.1, 0.15) is 5.75 Å². The van der Waals surface area contributed by atoms with E-state index in [0.29, 0.717) is 6.54 Å². The molecule has 1 aromatic rings. The van der Waals surface area contributed by atoms with Crippen LogP contribution in [0.5, 0.6) is 5.75 Å². The van der Waals surface area contributed by atoms with Crippen LogP contribution in [0.2, 0.25) is 0 Å². The summed E-state index contributed by atoms with van der Waals surface area (Å²) in [6.45, 7) is 6.63. The van der Waals surface area contributed by atoms with Crippen molar-refractivity contribution in [3.05, 3.63) is 36.9 Å². The van der Waals surface area contributed by atoms with Crippen molar-refractivity contribution in [1.82, 2.24) is 0 Å². The van der Waals surface area contributed by atoms with E-state index >= 15 is 0 Å². The molecule has 0 fully saturated rings. The van der Waals surface area contributed by atoms with E-state index in [4.69, 9.17) is 27.9 Å². The van der Waals surface area contributed by atoms with Gasteiger partial charge >= 0.3 is 0 Å². The minimum absolute atomic E-state index is 0.619. The van der Waals surface area contributed by atoms with Crippen LogP contribution >= 0.6 is 23.2 Å². The lowest BCUT2D eigenvalue weighted by atomic mass is 10.1. The van der Waals surface area contributed by atoms with Crippen LogP contribution in [0.25, 0.3) is 0 Å². The largest absolute Gasteiger partial charge is 0.463 e. The van der Waals surface area contributed by atoms with Gasteiger partial charge < -0.3 is 9.64 Å². The smallest absolute Gasteiger partial charge is 0.213 e. The molecule has 0 spiro atoms. The Morgan fingerprint density at radius 2 is 2.16 bits per heavy atom. The first kappa shape index (κ1) is 14.5. The van der Waals surface area contributed by atoms with E-state index in [2.05, 4.69) is 18.4 Å². The van der Waals surface area contributed by atoms with E-state index in [0.717, 1.165) is 30.7 Å². The highest BCUT2D eigenvalue weighted by Crippen LogP contribution is 2.47. The van der Waals surface area contributed by atoms with E-state index in [-0.39, 0.29) is 0 Å². The van der Waals surface area contributed by atoms with Crippen molar-refractivity contribution in [2.45, 2.75) is 36.7 Å². The van der Waals surface area contributed by atoms with E-state index in [1.54, 1.807) is 0 Å². The molecular formula is C15H19Cl2NO. The first-order chi connectivity index (χ1) is 9.15. The molecule has 1 aliphatic rings. The van der Waals surface area contributed by atoms with Gasteiger partial charge in [0, 0.05) is 13.0 Å². The van der Waals surface area contributed by atoms with Gasteiger partial charge in [0.2, 0.25) is 5.72 Å². The molecule has 0 aliphatic carbocycles. The fraction of sp³-hybridized carbons (Fsp3) is 0.467. The zero-order chi connectivity index (χ0) is 13.9. The van der Waals surface area contributed by atoms with Crippen molar-refractivity contribution >= 4 is 28.9 Å². The minimum Gasteiger partial charge on any atom is -0.463 e. The maximum absolute atomic E-state index is 6.26. The Kier molecular flexibility index (Phi) is 4.64. The predicted octanol–water partition coefficient (Wildman–Crippen LogP) is 4.76. The van der Waals surface area contributed by atoms with Crippen LogP contribution in [0.15, 0.2) is 36.9 Å². The van der Waals surface area contributed by atoms with Crippen molar-refractivity contribution < 1.29 is 4.74 Å². The first-order valence-corrected chi connectivity index (χ1v) is 7.47. The number of unbranched alkanes of at least 4 members (excludes halogenated alkanes) is 1. The Balaban J connectivity index is 2.40. The summed E-state index contributed by atoms with van der Waals surface area (Å²) >= 11 is 12.5. The van der Waals surface area contributed by atoms with Crippen molar-refractivity contribution in [1.29, 1.82) is 0 Å². The Bertz CT molecular complexity index is 450. The Morgan fingerprint density at radius 3 is 2.79 bits per heavy atom. The molecule has 19 heavy (non-hydrogen) atoms. The molecule has 1 unspecified atom stereocenters. The van der Waals surface area contributed by atoms with Crippen molar-refractivity contribution in [2.75, 3.05) is 11.4 Å². The number of hydrogen-bond donors (Lipinski definition) is 0. The fourth-order valence-electron chi connectivity index (χ4n) is 2.49. The molecule has 0 saturated heterocycles. The number of fused-ring (bicyclic) bond motifs is 1. The second kappa shape index (κ2) is 6.06. The summed E-state index contributed by atoms with van der Waals surface area (Å²) in [5.41, 5.74) is 0.349. The Labute approximate surface area is 125 Å². The van der Waals surface area contributed by atoms with Crippen LogP contribution in [0.4, 0.5) is 5.69 Å². The zero-order valence-electron chi connectivity index (χ0n) is 11.1. The lowest BCUT2D eigenvalue weighted by Crippen LogP contribution is -2.54. The zero-order valence-corrected chi connectivity index (χ0v) is 12.6. The molecule has 0 amide bonds. The van der Waals surface area contributed by atoms with Gasteiger partial charge in [-0.25, -0.2) is 0 Å². The summed E-state index contributed by atoms with van der Waals surface area (Å²) < 4.78 is 6.14. The number of anilines is 1. The lowest BCUT2D eigenvalue weighted by Gasteiger charge is -2.39. The third kappa shape index (κ3) is 2.56. The number of nitrogens with zero attached hydrogens (tertiary/aromatic N) is 1. The van der Waals surface area contributed by atoms with Crippen molar-refractivity contribution in [3.8, 4) is 5.75 Å². The Hall–Kier alpha value is -0.860. The number of halogens is 2. The van der Waals surface area contributed by atoms with Gasteiger partial charge in [0.05, 0.1) is 5.69 Å². The molecule has 1 heterocycles. The average molecular weight is 300 g/mol. The molecule has 2 nitrogen and oxygen atoms in total. The molecule has 0 radical (unpaired) electrons. The Morgan fingerprint density at radius 1 is 1.42 bits per heavy atom. The fourth-order valence-corrected chi connectivity index (χ4v) is 3.03. The second-order valence-electron chi connectivity index (χ2n) is 4.72. The molecule has 0 bridgehead atoms. The molecule has 4 heteroatoms. The van der Waals surface area contributed by atoms with Crippen LogP contribution in [-0.4, -0.2) is 17.1 Å². The summed E-state index contributed by atoms with van der Waals surface area (Å²) in [7, 11) is 0. The van der Waals surface area contributed by atoms with Crippen LogP contribution in [0.1, 0.15) is 26.2 Å². The quantitative estimate of drug-likeness (QED) is 0.554. The maximum Gasteiger partial charge on any atom is 0.213 e. The predicted molar refractivity (Wildman–Crippen MR) is 82.4 cm³/mol. The van der Waals surface area contributed by atoms with Crippen LogP contribution in [0, 0.1) is 0 Å². The highest BCUT2D eigenvalue weighted by Gasteiger charge is 2.49. The molecule has 0 saturated carbocycles. The van der Waals surface area contributed by atoms with Gasteiger partial charge in [-0.15, -0.1) is 6.58 Å². The number of alkyl halides is 2. The van der Waals surface area contributed by atoms with Crippen LogP contribution in [-0.2, 0) is 0 Å². The normalized spacial score (nSPS) is 21.4. The van der Waals surface area contributed by atoms with Gasteiger partial charge in [-0.05, 0) is 18.6 Å². The molecule has 1 atom stereocenters. The molecule has 1 aromatic carbocycles. The van der Waals surface area contributed by atoms with E-state index in [1.165, 1.54) is 0 Å². The first-order valence-electron chi connectivity index (χ1n) is 6.60. The molecular weight excluding hydrogens is 281 g/mol. The molecule has 2 rings (SSSR count). The van der Waals surface area contributed by atoms with Crippen molar-refractivity contribution in [2.24, 2.45) is 0 Å². The molecule has 0 N–H and O–H groups in total. The highest BCUT2D eigenvalue weighted by molar-refractivity contribution is 6.45. The van der Waals surface area contributed by atoms with Gasteiger partial charge in [0.15, 0.2) is 4.84 Å². The summed E-state index contributed by atoms with van der Waals surface area (Å²) in [4.78, 5) is 1.50. The van der Waals surface area contributed by atoms with E-state index in [9.17, 15) is 0 Å². The SMILES string of the molecule is C=CCN1c2ccccc2OC1(CCCC)C(Cl)Cl. The van der Waals surface area contributed by atoms with Gasteiger partial charge in [-0.1, -0.05) is 54.8 Å². The standard InChI is InChI=1S/C15H19Cl2NO/c1-3-5-10-15(14(16)17)18(11-4-2)12-8-6-7-9-13(12)19-15/h4,6-9,14H,2-3,5,10-11H2,1H3. The number of rotatable bonds is 6. The minimum atomic E-state index is -0.684. The maximum atomic E-state index is 6.26. The molecule has 1 aliphatic heterocycles. The van der Waals surface area contributed by atoms with E-state index < -0.39 is 10.6 Å².